The largest absolute Gasteiger partial charge is 0.341 e. The van der Waals surface area contributed by atoms with Gasteiger partial charge in [-0.1, -0.05) is 63.6 Å². The molecule has 0 unspecified atom stereocenters. The molecule has 0 saturated heterocycles. The van der Waals surface area contributed by atoms with Gasteiger partial charge in [-0.3, -0.25) is 5.26 Å². The Morgan fingerprint density at radius 3 is 2.67 bits per heavy atom. The van der Waals surface area contributed by atoms with Crippen LogP contribution < -0.4 is 4.90 Å². The first-order valence-electron chi connectivity index (χ1n) is 13.2. The third-order valence-corrected chi connectivity index (χ3v) is 7.56. The van der Waals surface area contributed by atoms with Crippen LogP contribution in [0.25, 0.3) is 6.08 Å². The van der Waals surface area contributed by atoms with Gasteiger partial charge in [0.1, 0.15) is 6.61 Å². The fourth-order valence-electron chi connectivity index (χ4n) is 5.26. The maximum atomic E-state index is 9.37. The maximum Gasteiger partial charge on any atom is 0.117 e. The predicted octanol–water partition coefficient (Wildman–Crippen LogP) is 8.28. The predicted molar refractivity (Wildman–Crippen MR) is 148 cm³/mol. The molecule has 0 aromatic heterocycles. The number of anilines is 2. The van der Waals surface area contributed by atoms with E-state index < -0.39 is 0 Å². The topological polar surface area (TPSA) is 56.5 Å². The number of nitriles is 1. The number of fused-ring (bicyclic) bond motifs is 1. The van der Waals surface area contributed by atoms with Gasteiger partial charge in [-0.25, -0.2) is 4.89 Å². The third-order valence-electron chi connectivity index (χ3n) is 7.56. The molecule has 2 aromatic carbocycles. The van der Waals surface area contributed by atoms with Gasteiger partial charge < -0.3 is 4.90 Å². The molecule has 4 heteroatoms. The van der Waals surface area contributed by atoms with Gasteiger partial charge in [0.15, 0.2) is 0 Å². The van der Waals surface area contributed by atoms with Crippen molar-refractivity contribution >= 4 is 17.5 Å². The highest BCUT2D eigenvalue weighted by Gasteiger charge is 2.31. The second-order valence-electron chi connectivity index (χ2n) is 10.6. The lowest BCUT2D eigenvalue weighted by Gasteiger charge is -2.40. The van der Waals surface area contributed by atoms with E-state index in [2.05, 4.69) is 97.3 Å². The van der Waals surface area contributed by atoms with E-state index in [9.17, 15) is 5.26 Å². The summed E-state index contributed by atoms with van der Waals surface area (Å²) < 4.78 is 0. The van der Waals surface area contributed by atoms with Crippen LogP contribution in [0, 0.1) is 11.3 Å². The first kappa shape index (κ1) is 25.9. The van der Waals surface area contributed by atoms with Gasteiger partial charge in [-0.2, -0.15) is 5.26 Å². The molecule has 0 spiro atoms. The molecule has 2 aliphatic rings. The van der Waals surface area contributed by atoms with E-state index in [1.54, 1.807) is 0 Å². The molecule has 1 heterocycles. The number of rotatable bonds is 8. The van der Waals surface area contributed by atoms with Crippen LogP contribution in [0.1, 0.15) is 76.0 Å². The first-order valence-corrected chi connectivity index (χ1v) is 13.2. The summed E-state index contributed by atoms with van der Waals surface area (Å²) in [5.41, 5.74) is 9.33. The summed E-state index contributed by atoms with van der Waals surface area (Å²) in [6.07, 6.45) is 14.0. The first-order chi connectivity index (χ1) is 17.4. The molecule has 188 valence electrons. The molecule has 1 N–H and O–H groups in total. The van der Waals surface area contributed by atoms with Crippen molar-refractivity contribution in [2.45, 2.75) is 71.1 Å². The zero-order chi connectivity index (χ0) is 25.5. The normalized spacial score (nSPS) is 18.5. The minimum atomic E-state index is -0.0583. The van der Waals surface area contributed by atoms with Crippen LogP contribution in [0.4, 0.5) is 11.4 Å². The molecule has 2 aromatic rings. The fourth-order valence-corrected chi connectivity index (χ4v) is 5.26. The highest BCUT2D eigenvalue weighted by molar-refractivity contribution is 5.72. The summed E-state index contributed by atoms with van der Waals surface area (Å²) in [7, 11) is 0. The average Bonchev–Trinajstić information content (AvgIpc) is 2.90. The number of hydrogen-bond donors (Lipinski definition) is 1. The lowest BCUT2D eigenvalue weighted by atomic mass is 9.77. The third kappa shape index (κ3) is 5.98. The van der Waals surface area contributed by atoms with Crippen molar-refractivity contribution < 1.29 is 10.1 Å². The van der Waals surface area contributed by atoms with Crippen LogP contribution in [0.15, 0.2) is 71.3 Å². The number of unbranched alkanes of at least 4 members (excludes halogenated alkanes) is 1. The van der Waals surface area contributed by atoms with Crippen LogP contribution in [0.5, 0.6) is 0 Å². The van der Waals surface area contributed by atoms with Gasteiger partial charge >= 0.3 is 0 Å². The number of nitrogens with zero attached hydrogens (tertiary/aromatic N) is 2. The quantitative estimate of drug-likeness (QED) is 0.234. The van der Waals surface area contributed by atoms with Crippen LogP contribution in [-0.4, -0.2) is 18.4 Å². The molecule has 0 saturated carbocycles. The van der Waals surface area contributed by atoms with Gasteiger partial charge in [0, 0.05) is 17.9 Å². The number of hydrogen-bond acceptors (Lipinski definition) is 4. The lowest BCUT2D eigenvalue weighted by molar-refractivity contribution is -0.233. The molecule has 1 aliphatic carbocycles. The average molecular weight is 483 g/mol. The maximum absolute atomic E-state index is 9.37. The van der Waals surface area contributed by atoms with Crippen LogP contribution in [-0.2, 0) is 16.7 Å². The van der Waals surface area contributed by atoms with Crippen LogP contribution in [0.3, 0.4) is 0 Å². The molecule has 0 radical (unpaired) electrons. The van der Waals surface area contributed by atoms with Crippen molar-refractivity contribution in [1.29, 1.82) is 5.26 Å². The Morgan fingerprint density at radius 2 is 1.94 bits per heavy atom. The summed E-state index contributed by atoms with van der Waals surface area (Å²) in [6.45, 7) is 7.89. The van der Waals surface area contributed by atoms with Gasteiger partial charge in [-0.05, 0) is 96.0 Å². The zero-order valence-corrected chi connectivity index (χ0v) is 21.9. The highest BCUT2D eigenvalue weighted by Crippen LogP contribution is 2.43. The van der Waals surface area contributed by atoms with Crippen LogP contribution >= 0.6 is 0 Å². The molecule has 1 aliphatic heterocycles. The molecule has 36 heavy (non-hydrogen) atoms. The SMILES string of the molecule is CCCCc1ccc(N2CCC(C)(C)c3cc(/C=C/C4=CC(=C(\C#N)COO)/CCC4)ccc32)cc1. The molecule has 4 nitrogen and oxygen atoms in total. The van der Waals surface area contributed by atoms with E-state index in [4.69, 9.17) is 5.26 Å². The van der Waals surface area contributed by atoms with E-state index in [0.29, 0.717) is 5.57 Å². The summed E-state index contributed by atoms with van der Waals surface area (Å²) in [5, 5.41) is 18.1. The monoisotopic (exact) mass is 482 g/mol. The Kier molecular flexibility index (Phi) is 8.46. The number of benzene rings is 2. The highest BCUT2D eigenvalue weighted by atomic mass is 17.1. The van der Waals surface area contributed by atoms with E-state index in [-0.39, 0.29) is 12.0 Å². The second kappa shape index (κ2) is 11.7. The Balaban J connectivity index is 1.59. The van der Waals surface area contributed by atoms with Crippen molar-refractivity contribution in [2.24, 2.45) is 0 Å². The second-order valence-corrected chi connectivity index (χ2v) is 10.6. The van der Waals surface area contributed by atoms with E-state index in [0.717, 1.165) is 44.2 Å². The van der Waals surface area contributed by atoms with E-state index in [1.165, 1.54) is 46.5 Å². The van der Waals surface area contributed by atoms with Crippen molar-refractivity contribution in [3.05, 3.63) is 88.0 Å². The summed E-state index contributed by atoms with van der Waals surface area (Å²) in [5.74, 6) is 0. The van der Waals surface area contributed by atoms with Gasteiger partial charge in [0.05, 0.1) is 11.6 Å². The van der Waals surface area contributed by atoms with Gasteiger partial charge in [0.2, 0.25) is 0 Å². The van der Waals surface area contributed by atoms with Crippen molar-refractivity contribution in [3.63, 3.8) is 0 Å². The number of allylic oxidation sites excluding steroid dienone is 4. The molecule has 0 atom stereocenters. The summed E-state index contributed by atoms with van der Waals surface area (Å²) >= 11 is 0. The smallest absolute Gasteiger partial charge is 0.117 e. The fraction of sp³-hybridized carbons (Fsp3) is 0.406. The van der Waals surface area contributed by atoms with Crippen molar-refractivity contribution in [2.75, 3.05) is 18.1 Å². The minimum Gasteiger partial charge on any atom is -0.341 e. The number of aryl methyl sites for hydroxylation is 1. The van der Waals surface area contributed by atoms with Gasteiger partial charge in [0.25, 0.3) is 0 Å². The van der Waals surface area contributed by atoms with E-state index in [1.807, 2.05) is 0 Å². The zero-order valence-electron chi connectivity index (χ0n) is 21.9. The molecule has 0 fully saturated rings. The van der Waals surface area contributed by atoms with Crippen molar-refractivity contribution in [3.8, 4) is 6.07 Å². The minimum absolute atomic E-state index is 0.0583. The molecule has 0 bridgehead atoms. The summed E-state index contributed by atoms with van der Waals surface area (Å²) in [6, 6.07) is 18.1. The Labute approximate surface area is 216 Å². The standard InChI is InChI=1S/C32H38N2O2/c1-4-5-7-24-12-15-29(16-13-24)34-19-18-32(2,3)30-21-26(14-17-31(30)34)11-10-25-8-6-9-27(20-25)28(22-33)23-36-35/h10-17,20-21,35H,4-9,18-19,23H2,1-3H3/b11-10+,28-27+. The Bertz CT molecular complexity index is 1200. The van der Waals surface area contributed by atoms with E-state index >= 15 is 0 Å². The molecule has 0 amide bonds. The summed E-state index contributed by atoms with van der Waals surface area (Å²) in [4.78, 5) is 6.68. The lowest BCUT2D eigenvalue weighted by Crippen LogP contribution is -2.34. The Hall–Kier alpha value is -3.13. The molecular weight excluding hydrogens is 444 g/mol. The Morgan fingerprint density at radius 1 is 1.14 bits per heavy atom. The van der Waals surface area contributed by atoms with Gasteiger partial charge in [-0.15, -0.1) is 0 Å². The molecular formula is C32H38N2O2. The van der Waals surface area contributed by atoms with Crippen molar-refractivity contribution in [1.82, 2.24) is 0 Å². The van der Waals surface area contributed by atoms with Crippen LogP contribution in [0.2, 0.25) is 0 Å². The molecule has 4 rings (SSSR count).